The van der Waals surface area contributed by atoms with E-state index in [1.165, 1.54) is 0 Å². The first-order valence-electron chi connectivity index (χ1n) is 7.50. The van der Waals surface area contributed by atoms with E-state index in [0.717, 1.165) is 16.9 Å². The maximum atomic E-state index is 12.0. The van der Waals surface area contributed by atoms with Crippen LogP contribution in [0.3, 0.4) is 0 Å². The zero-order chi connectivity index (χ0) is 17.5. The molecule has 0 aliphatic carbocycles. The lowest BCUT2D eigenvalue weighted by Gasteiger charge is -2.10. The Morgan fingerprint density at radius 2 is 1.83 bits per heavy atom. The Kier molecular flexibility index (Phi) is 6.27. The van der Waals surface area contributed by atoms with E-state index in [0.29, 0.717) is 23.1 Å². The van der Waals surface area contributed by atoms with Gasteiger partial charge in [-0.3, -0.25) is 4.79 Å². The van der Waals surface area contributed by atoms with Crippen LogP contribution >= 0.6 is 11.6 Å². The van der Waals surface area contributed by atoms with Crippen LogP contribution in [0.15, 0.2) is 54.6 Å². The number of halogens is 1. The van der Waals surface area contributed by atoms with Crippen LogP contribution < -0.4 is 14.8 Å². The number of hydrogen-bond acceptors (Lipinski definition) is 3. The van der Waals surface area contributed by atoms with Crippen LogP contribution in [0.25, 0.3) is 0 Å². The Morgan fingerprint density at radius 3 is 2.46 bits per heavy atom. The van der Waals surface area contributed by atoms with Gasteiger partial charge in [0, 0.05) is 10.7 Å². The Balaban J connectivity index is 1.84. The zero-order valence-electron chi connectivity index (χ0n) is 13.8. The van der Waals surface area contributed by atoms with Gasteiger partial charge >= 0.3 is 0 Å². The van der Waals surface area contributed by atoms with Gasteiger partial charge in [0.2, 0.25) is 0 Å². The van der Waals surface area contributed by atoms with Crippen LogP contribution in [0.4, 0.5) is 5.69 Å². The van der Waals surface area contributed by atoms with Crippen LogP contribution in [0.1, 0.15) is 12.5 Å². The van der Waals surface area contributed by atoms with E-state index >= 15 is 0 Å². The first kappa shape index (κ1) is 17.9. The molecule has 4 nitrogen and oxygen atoms in total. The molecule has 0 aliphatic rings. The number of aryl methyl sites for hydroxylation is 1. The molecule has 0 aromatic heterocycles. The van der Waals surface area contributed by atoms with Crippen LogP contribution in [0, 0.1) is 6.92 Å². The van der Waals surface area contributed by atoms with E-state index in [4.69, 9.17) is 21.1 Å². The summed E-state index contributed by atoms with van der Waals surface area (Å²) < 4.78 is 11.0. The lowest BCUT2D eigenvalue weighted by Crippen LogP contribution is -2.20. The third kappa shape index (κ3) is 5.63. The molecule has 0 saturated carbocycles. The van der Waals surface area contributed by atoms with Gasteiger partial charge in [-0.05, 0) is 67.4 Å². The van der Waals surface area contributed by atoms with Crippen molar-refractivity contribution in [1.82, 2.24) is 0 Å². The summed E-state index contributed by atoms with van der Waals surface area (Å²) in [6, 6.07) is 12.4. The van der Waals surface area contributed by atoms with Crippen molar-refractivity contribution in [3.05, 3.63) is 65.2 Å². The quantitative estimate of drug-likeness (QED) is 0.745. The smallest absolute Gasteiger partial charge is 0.262 e. The maximum absolute atomic E-state index is 12.0. The zero-order valence-corrected chi connectivity index (χ0v) is 14.5. The highest BCUT2D eigenvalue weighted by Crippen LogP contribution is 2.22. The second-order valence-corrected chi connectivity index (χ2v) is 5.95. The van der Waals surface area contributed by atoms with E-state index < -0.39 is 0 Å². The van der Waals surface area contributed by atoms with Crippen molar-refractivity contribution in [2.24, 2.45) is 0 Å². The number of carbonyl (C=O) groups excluding carboxylic acids is 1. The molecule has 2 aromatic carbocycles. The molecule has 5 heteroatoms. The van der Waals surface area contributed by atoms with Crippen LogP contribution in [0.2, 0.25) is 5.02 Å². The summed E-state index contributed by atoms with van der Waals surface area (Å²) in [4.78, 5) is 12.0. The minimum atomic E-state index is -0.236. The van der Waals surface area contributed by atoms with Gasteiger partial charge < -0.3 is 14.8 Å². The van der Waals surface area contributed by atoms with Gasteiger partial charge in [-0.1, -0.05) is 18.2 Å². The minimum absolute atomic E-state index is 0.0730. The van der Waals surface area contributed by atoms with Crippen molar-refractivity contribution >= 4 is 23.2 Å². The van der Waals surface area contributed by atoms with Crippen molar-refractivity contribution < 1.29 is 14.3 Å². The van der Waals surface area contributed by atoms with Gasteiger partial charge in [-0.15, -0.1) is 0 Å². The summed E-state index contributed by atoms with van der Waals surface area (Å²) in [5, 5.41) is 3.41. The summed E-state index contributed by atoms with van der Waals surface area (Å²) in [7, 11) is 0. The standard InChI is InChI=1S/C19H20ClNO3/c1-13(2)11-23-17-7-5-16(6-8-17)21-19(22)12-24-18-9-4-15(20)10-14(18)3/h4-10H,1,11-12H2,2-3H3,(H,21,22). The van der Waals surface area contributed by atoms with E-state index in [-0.39, 0.29) is 12.5 Å². The lowest BCUT2D eigenvalue weighted by molar-refractivity contribution is -0.118. The molecule has 0 bridgehead atoms. The third-order valence-corrected chi connectivity index (χ3v) is 3.35. The molecular weight excluding hydrogens is 326 g/mol. The van der Waals surface area contributed by atoms with Gasteiger partial charge in [-0.25, -0.2) is 0 Å². The predicted molar refractivity (Wildman–Crippen MR) is 97.1 cm³/mol. The molecule has 0 atom stereocenters. The molecule has 0 aliphatic heterocycles. The highest BCUT2D eigenvalue weighted by atomic mass is 35.5. The van der Waals surface area contributed by atoms with Gasteiger partial charge in [0.1, 0.15) is 18.1 Å². The number of carbonyl (C=O) groups is 1. The van der Waals surface area contributed by atoms with Crippen molar-refractivity contribution in [3.63, 3.8) is 0 Å². The fraction of sp³-hybridized carbons (Fsp3) is 0.211. The largest absolute Gasteiger partial charge is 0.489 e. The molecule has 2 rings (SSSR count). The first-order chi connectivity index (χ1) is 11.4. The molecule has 1 amide bonds. The number of amides is 1. The van der Waals surface area contributed by atoms with Gasteiger partial charge in [0.05, 0.1) is 0 Å². The van der Waals surface area contributed by atoms with Crippen molar-refractivity contribution in [3.8, 4) is 11.5 Å². The van der Waals surface area contributed by atoms with Crippen molar-refractivity contribution in [1.29, 1.82) is 0 Å². The number of hydrogen-bond donors (Lipinski definition) is 1. The first-order valence-corrected chi connectivity index (χ1v) is 7.88. The molecule has 0 spiro atoms. The third-order valence-electron chi connectivity index (χ3n) is 3.12. The topological polar surface area (TPSA) is 47.6 Å². The van der Waals surface area contributed by atoms with E-state index in [9.17, 15) is 4.79 Å². The second kappa shape index (κ2) is 8.41. The molecular formula is C19H20ClNO3. The number of ether oxygens (including phenoxy) is 2. The average Bonchev–Trinajstić information content (AvgIpc) is 2.53. The molecule has 126 valence electrons. The van der Waals surface area contributed by atoms with Crippen LogP contribution in [-0.4, -0.2) is 19.1 Å². The number of benzene rings is 2. The molecule has 2 aromatic rings. The Bertz CT molecular complexity index is 726. The summed E-state index contributed by atoms with van der Waals surface area (Å²) in [6.45, 7) is 7.96. The van der Waals surface area contributed by atoms with Gasteiger partial charge in [-0.2, -0.15) is 0 Å². The van der Waals surface area contributed by atoms with Crippen molar-refractivity contribution in [2.75, 3.05) is 18.5 Å². The maximum Gasteiger partial charge on any atom is 0.262 e. The minimum Gasteiger partial charge on any atom is -0.489 e. The molecule has 0 heterocycles. The molecule has 0 fully saturated rings. The van der Waals surface area contributed by atoms with E-state index in [1.54, 1.807) is 42.5 Å². The number of rotatable bonds is 7. The molecule has 0 radical (unpaired) electrons. The molecule has 0 saturated heterocycles. The van der Waals surface area contributed by atoms with Gasteiger partial charge in [0.25, 0.3) is 5.91 Å². The summed E-state index contributed by atoms with van der Waals surface area (Å²) in [5.41, 5.74) is 2.51. The Labute approximate surface area is 147 Å². The monoisotopic (exact) mass is 345 g/mol. The van der Waals surface area contributed by atoms with Gasteiger partial charge in [0.15, 0.2) is 6.61 Å². The fourth-order valence-corrected chi connectivity index (χ4v) is 2.18. The SMILES string of the molecule is C=C(C)COc1ccc(NC(=O)COc2ccc(Cl)cc2C)cc1. The van der Waals surface area contributed by atoms with Crippen LogP contribution in [-0.2, 0) is 4.79 Å². The van der Waals surface area contributed by atoms with Crippen LogP contribution in [0.5, 0.6) is 11.5 Å². The highest BCUT2D eigenvalue weighted by Gasteiger charge is 2.06. The second-order valence-electron chi connectivity index (χ2n) is 5.52. The average molecular weight is 346 g/mol. The van der Waals surface area contributed by atoms with Crippen molar-refractivity contribution in [2.45, 2.75) is 13.8 Å². The highest BCUT2D eigenvalue weighted by molar-refractivity contribution is 6.30. The number of anilines is 1. The lowest BCUT2D eigenvalue weighted by atomic mass is 10.2. The predicted octanol–water partition coefficient (Wildman–Crippen LogP) is 4.62. The summed E-state index contributed by atoms with van der Waals surface area (Å²) in [6.07, 6.45) is 0. The molecule has 1 N–H and O–H groups in total. The molecule has 24 heavy (non-hydrogen) atoms. The summed E-state index contributed by atoms with van der Waals surface area (Å²) >= 11 is 5.89. The summed E-state index contributed by atoms with van der Waals surface area (Å²) in [5.74, 6) is 1.13. The van der Waals surface area contributed by atoms with E-state index in [2.05, 4.69) is 11.9 Å². The van der Waals surface area contributed by atoms with E-state index in [1.807, 2.05) is 13.8 Å². The normalized spacial score (nSPS) is 10.1. The number of nitrogens with one attached hydrogen (secondary N) is 1. The Hall–Kier alpha value is -2.46. The Morgan fingerprint density at radius 1 is 1.12 bits per heavy atom. The molecule has 0 unspecified atom stereocenters. The fourth-order valence-electron chi connectivity index (χ4n) is 1.96.